The maximum Gasteiger partial charge on any atom is -0.0178 e. The molecule has 3 aromatic carbocycles. The molecule has 0 aliphatic carbocycles. The highest BCUT2D eigenvalue weighted by Gasteiger charge is 1.97. The van der Waals surface area contributed by atoms with Gasteiger partial charge in [0.25, 0.3) is 0 Å². The number of aryl methyl sites for hydroxylation is 1. The number of fused-ring (bicyclic) bond motifs is 1. The van der Waals surface area contributed by atoms with Crippen LogP contribution in [0.2, 0.25) is 0 Å². The molecular formula is C20H18. The van der Waals surface area contributed by atoms with Gasteiger partial charge >= 0.3 is 0 Å². The van der Waals surface area contributed by atoms with Crippen molar-refractivity contribution < 1.29 is 0 Å². The first-order valence-corrected chi connectivity index (χ1v) is 6.96. The first-order chi connectivity index (χ1) is 9.72. The SMILES string of the molecule is C/C(=C\c1ccc2ccccc2c1)c1ccc(C)cc1. The van der Waals surface area contributed by atoms with E-state index in [-0.39, 0.29) is 0 Å². The third-order valence-corrected chi connectivity index (χ3v) is 3.66. The van der Waals surface area contributed by atoms with Crippen LogP contribution in [0.3, 0.4) is 0 Å². The lowest BCUT2D eigenvalue weighted by Gasteiger charge is -2.04. The summed E-state index contributed by atoms with van der Waals surface area (Å²) >= 11 is 0. The second kappa shape index (κ2) is 5.34. The molecule has 0 atom stereocenters. The van der Waals surface area contributed by atoms with Gasteiger partial charge in [-0.3, -0.25) is 0 Å². The van der Waals surface area contributed by atoms with E-state index < -0.39 is 0 Å². The van der Waals surface area contributed by atoms with E-state index in [1.807, 2.05) is 0 Å². The molecule has 0 unspecified atom stereocenters. The molecule has 20 heavy (non-hydrogen) atoms. The van der Waals surface area contributed by atoms with Crippen LogP contribution in [0.5, 0.6) is 0 Å². The van der Waals surface area contributed by atoms with Crippen LogP contribution in [-0.4, -0.2) is 0 Å². The summed E-state index contributed by atoms with van der Waals surface area (Å²) in [4.78, 5) is 0. The summed E-state index contributed by atoms with van der Waals surface area (Å²) in [5, 5.41) is 2.58. The van der Waals surface area contributed by atoms with Crippen molar-refractivity contribution in [2.75, 3.05) is 0 Å². The molecule has 0 saturated heterocycles. The molecule has 3 aromatic rings. The highest BCUT2D eigenvalue weighted by Crippen LogP contribution is 2.21. The Hall–Kier alpha value is -2.34. The van der Waals surface area contributed by atoms with Crippen LogP contribution in [0.25, 0.3) is 22.4 Å². The van der Waals surface area contributed by atoms with Crippen LogP contribution in [0.1, 0.15) is 23.6 Å². The summed E-state index contributed by atoms with van der Waals surface area (Å²) in [7, 11) is 0. The van der Waals surface area contributed by atoms with Crippen molar-refractivity contribution in [3.8, 4) is 0 Å². The maximum absolute atomic E-state index is 2.25. The molecule has 0 aliphatic rings. The summed E-state index contributed by atoms with van der Waals surface area (Å²) in [6, 6.07) is 23.8. The molecule has 0 heterocycles. The Morgan fingerprint density at radius 1 is 0.800 bits per heavy atom. The molecule has 0 fully saturated rings. The smallest absolute Gasteiger partial charge is 0.0178 e. The van der Waals surface area contributed by atoms with Gasteiger partial charge in [-0.1, -0.05) is 72.3 Å². The van der Waals surface area contributed by atoms with Crippen LogP contribution in [0, 0.1) is 6.92 Å². The Kier molecular flexibility index (Phi) is 3.39. The Labute approximate surface area is 120 Å². The quantitative estimate of drug-likeness (QED) is 0.516. The zero-order valence-corrected chi connectivity index (χ0v) is 11.9. The minimum atomic E-state index is 1.25. The van der Waals surface area contributed by atoms with Gasteiger partial charge < -0.3 is 0 Å². The van der Waals surface area contributed by atoms with E-state index >= 15 is 0 Å². The number of hydrogen-bond donors (Lipinski definition) is 0. The van der Waals surface area contributed by atoms with E-state index in [2.05, 4.69) is 86.7 Å². The number of hydrogen-bond acceptors (Lipinski definition) is 0. The first-order valence-electron chi connectivity index (χ1n) is 6.96. The Balaban J connectivity index is 1.98. The maximum atomic E-state index is 2.25. The minimum absolute atomic E-state index is 1.25. The monoisotopic (exact) mass is 258 g/mol. The second-order valence-corrected chi connectivity index (χ2v) is 5.30. The highest BCUT2D eigenvalue weighted by atomic mass is 14.0. The average molecular weight is 258 g/mol. The van der Waals surface area contributed by atoms with Gasteiger partial charge in [0.15, 0.2) is 0 Å². The van der Waals surface area contributed by atoms with Crippen LogP contribution in [-0.2, 0) is 0 Å². The van der Waals surface area contributed by atoms with Crippen molar-refractivity contribution in [1.29, 1.82) is 0 Å². The Morgan fingerprint density at radius 3 is 2.25 bits per heavy atom. The molecular weight excluding hydrogens is 240 g/mol. The molecule has 0 radical (unpaired) electrons. The van der Waals surface area contributed by atoms with Gasteiger partial charge in [-0.05, 0) is 47.4 Å². The highest BCUT2D eigenvalue weighted by molar-refractivity contribution is 5.88. The number of rotatable bonds is 2. The zero-order valence-electron chi connectivity index (χ0n) is 11.9. The van der Waals surface area contributed by atoms with Gasteiger partial charge in [0.2, 0.25) is 0 Å². The molecule has 0 nitrogen and oxygen atoms in total. The normalized spacial score (nSPS) is 11.8. The van der Waals surface area contributed by atoms with Crippen molar-refractivity contribution in [2.45, 2.75) is 13.8 Å². The predicted octanol–water partition coefficient (Wildman–Crippen LogP) is 5.71. The van der Waals surface area contributed by atoms with E-state index in [1.165, 1.54) is 33.0 Å². The average Bonchev–Trinajstić information content (AvgIpc) is 2.48. The second-order valence-electron chi connectivity index (χ2n) is 5.30. The van der Waals surface area contributed by atoms with E-state index in [0.717, 1.165) is 0 Å². The molecule has 3 rings (SSSR count). The van der Waals surface area contributed by atoms with Crippen LogP contribution < -0.4 is 0 Å². The van der Waals surface area contributed by atoms with Crippen LogP contribution in [0.4, 0.5) is 0 Å². The number of benzene rings is 3. The van der Waals surface area contributed by atoms with E-state index in [1.54, 1.807) is 0 Å². The molecule has 98 valence electrons. The molecule has 0 spiro atoms. The third kappa shape index (κ3) is 2.65. The summed E-state index contributed by atoms with van der Waals surface area (Å²) in [5.41, 5.74) is 5.12. The Morgan fingerprint density at radius 2 is 1.50 bits per heavy atom. The van der Waals surface area contributed by atoms with Gasteiger partial charge in [-0.25, -0.2) is 0 Å². The molecule has 0 aromatic heterocycles. The largest absolute Gasteiger partial charge is 0.0616 e. The van der Waals surface area contributed by atoms with Gasteiger partial charge in [-0.2, -0.15) is 0 Å². The fraction of sp³-hybridized carbons (Fsp3) is 0.100. The van der Waals surface area contributed by atoms with Gasteiger partial charge in [0.1, 0.15) is 0 Å². The molecule has 0 heteroatoms. The first kappa shape index (κ1) is 12.7. The number of allylic oxidation sites excluding steroid dienone is 1. The molecule has 0 bridgehead atoms. The lowest BCUT2D eigenvalue weighted by molar-refractivity contribution is 1.45. The van der Waals surface area contributed by atoms with Crippen molar-refractivity contribution in [3.05, 3.63) is 83.4 Å². The van der Waals surface area contributed by atoms with Gasteiger partial charge in [0, 0.05) is 0 Å². The lowest BCUT2D eigenvalue weighted by atomic mass is 10.0. The van der Waals surface area contributed by atoms with Crippen molar-refractivity contribution in [3.63, 3.8) is 0 Å². The standard InChI is InChI=1S/C20H18/c1-15-7-10-18(11-8-15)16(2)13-17-9-12-19-5-3-4-6-20(19)14-17/h3-14H,1-2H3/b16-13+. The fourth-order valence-electron chi connectivity index (χ4n) is 2.45. The zero-order chi connectivity index (χ0) is 13.9. The van der Waals surface area contributed by atoms with Crippen LogP contribution >= 0.6 is 0 Å². The topological polar surface area (TPSA) is 0 Å². The van der Waals surface area contributed by atoms with E-state index in [0.29, 0.717) is 0 Å². The molecule has 0 aliphatic heterocycles. The molecule has 0 N–H and O–H groups in total. The Bertz CT molecular complexity index is 761. The predicted molar refractivity (Wildman–Crippen MR) is 88.7 cm³/mol. The molecule has 0 amide bonds. The van der Waals surface area contributed by atoms with Crippen LogP contribution in [0.15, 0.2) is 66.7 Å². The van der Waals surface area contributed by atoms with E-state index in [4.69, 9.17) is 0 Å². The minimum Gasteiger partial charge on any atom is -0.0616 e. The van der Waals surface area contributed by atoms with Crippen molar-refractivity contribution in [1.82, 2.24) is 0 Å². The van der Waals surface area contributed by atoms with Crippen molar-refractivity contribution >= 4 is 22.4 Å². The third-order valence-electron chi connectivity index (χ3n) is 3.66. The van der Waals surface area contributed by atoms with Gasteiger partial charge in [0.05, 0.1) is 0 Å². The lowest BCUT2D eigenvalue weighted by Crippen LogP contribution is -1.81. The summed E-state index contributed by atoms with van der Waals surface area (Å²) < 4.78 is 0. The van der Waals surface area contributed by atoms with E-state index in [9.17, 15) is 0 Å². The summed E-state index contributed by atoms with van der Waals surface area (Å²) in [6.45, 7) is 4.28. The molecule has 0 saturated carbocycles. The fourth-order valence-corrected chi connectivity index (χ4v) is 2.45. The van der Waals surface area contributed by atoms with Gasteiger partial charge in [-0.15, -0.1) is 0 Å². The summed E-state index contributed by atoms with van der Waals surface area (Å²) in [6.07, 6.45) is 2.25. The van der Waals surface area contributed by atoms with Crippen molar-refractivity contribution in [2.24, 2.45) is 0 Å². The summed E-state index contributed by atoms with van der Waals surface area (Å²) in [5.74, 6) is 0.